The molecule has 19 heavy (non-hydrogen) atoms. The van der Waals surface area contributed by atoms with Crippen molar-refractivity contribution in [2.45, 2.75) is 32.4 Å². The molecule has 1 saturated heterocycles. The minimum Gasteiger partial charge on any atom is -0.346 e. The molecular formula is C14H18ClNO3. The number of carbonyl (C=O) groups excluding carboxylic acids is 1. The van der Waals surface area contributed by atoms with Crippen molar-refractivity contribution in [3.8, 4) is 0 Å². The van der Waals surface area contributed by atoms with Gasteiger partial charge in [0.2, 0.25) is 5.91 Å². The topological polar surface area (TPSA) is 47.6 Å². The van der Waals surface area contributed by atoms with Crippen LogP contribution >= 0.6 is 11.6 Å². The van der Waals surface area contributed by atoms with Gasteiger partial charge in [0.15, 0.2) is 6.29 Å². The van der Waals surface area contributed by atoms with Crippen LogP contribution in [0.5, 0.6) is 0 Å². The fraction of sp³-hybridized carbons (Fsp3) is 0.500. The molecule has 0 bridgehead atoms. The molecule has 104 valence electrons. The van der Waals surface area contributed by atoms with E-state index < -0.39 is 11.7 Å². The Balaban J connectivity index is 2.37. The summed E-state index contributed by atoms with van der Waals surface area (Å²) in [7, 11) is 0. The van der Waals surface area contributed by atoms with E-state index in [1.165, 1.54) is 0 Å². The number of benzene rings is 1. The van der Waals surface area contributed by atoms with E-state index in [4.69, 9.17) is 21.1 Å². The second-order valence-corrected chi connectivity index (χ2v) is 5.31. The number of hydrogen-bond acceptors (Lipinski definition) is 3. The summed E-state index contributed by atoms with van der Waals surface area (Å²) in [6.07, 6.45) is -0.416. The van der Waals surface area contributed by atoms with Crippen LogP contribution in [0.15, 0.2) is 12.1 Å². The lowest BCUT2D eigenvalue weighted by atomic mass is 10.0. The molecule has 0 aromatic heterocycles. The molecule has 1 aliphatic heterocycles. The van der Waals surface area contributed by atoms with Gasteiger partial charge in [0.1, 0.15) is 5.38 Å². The van der Waals surface area contributed by atoms with Gasteiger partial charge in [-0.3, -0.25) is 4.79 Å². The Kier molecular flexibility index (Phi) is 4.45. The van der Waals surface area contributed by atoms with Gasteiger partial charge < -0.3 is 14.8 Å². The summed E-state index contributed by atoms with van der Waals surface area (Å²) in [5.74, 6) is -0.227. The third kappa shape index (κ3) is 3.08. The standard InChI is InChI=1S/C14H18ClNO3/c1-8-4-5-11(14-18-6-7-19-14)12(9(8)2)16-13(17)10(3)15/h4-5,10,14H,6-7H2,1-3H3,(H,16,17). The van der Waals surface area contributed by atoms with Crippen molar-refractivity contribution in [1.82, 2.24) is 0 Å². The Morgan fingerprint density at radius 2 is 2.00 bits per heavy atom. The Morgan fingerprint density at radius 1 is 1.37 bits per heavy atom. The third-order valence-electron chi connectivity index (χ3n) is 3.25. The van der Waals surface area contributed by atoms with Crippen molar-refractivity contribution in [2.75, 3.05) is 18.5 Å². The quantitative estimate of drug-likeness (QED) is 0.868. The third-order valence-corrected chi connectivity index (χ3v) is 3.45. The Hall–Kier alpha value is -1.10. The van der Waals surface area contributed by atoms with Crippen LogP contribution in [0.4, 0.5) is 5.69 Å². The van der Waals surface area contributed by atoms with Gasteiger partial charge in [-0.15, -0.1) is 11.6 Å². The molecule has 1 aromatic carbocycles. The fourth-order valence-electron chi connectivity index (χ4n) is 1.96. The van der Waals surface area contributed by atoms with Crippen LogP contribution in [0, 0.1) is 13.8 Å². The average Bonchev–Trinajstić information content (AvgIpc) is 2.88. The molecule has 1 amide bonds. The predicted molar refractivity (Wildman–Crippen MR) is 74.5 cm³/mol. The summed E-state index contributed by atoms with van der Waals surface area (Å²) in [5, 5.41) is 2.28. The highest BCUT2D eigenvalue weighted by atomic mass is 35.5. The van der Waals surface area contributed by atoms with Gasteiger partial charge in [-0.2, -0.15) is 0 Å². The second kappa shape index (κ2) is 5.90. The summed E-state index contributed by atoms with van der Waals surface area (Å²) in [6.45, 7) is 6.73. The molecule has 1 aliphatic rings. The SMILES string of the molecule is Cc1ccc(C2OCCO2)c(NC(=O)C(C)Cl)c1C. The van der Waals surface area contributed by atoms with Gasteiger partial charge in [-0.1, -0.05) is 12.1 Å². The number of carbonyl (C=O) groups is 1. The van der Waals surface area contributed by atoms with Gasteiger partial charge >= 0.3 is 0 Å². The van der Waals surface area contributed by atoms with Crippen LogP contribution < -0.4 is 5.32 Å². The maximum Gasteiger partial charge on any atom is 0.242 e. The predicted octanol–water partition coefficient (Wildman–Crippen LogP) is 2.91. The summed E-state index contributed by atoms with van der Waals surface area (Å²) < 4.78 is 11.0. The van der Waals surface area contributed by atoms with Gasteiger partial charge in [-0.05, 0) is 31.9 Å². The number of anilines is 1. The summed E-state index contributed by atoms with van der Waals surface area (Å²) >= 11 is 5.81. The monoisotopic (exact) mass is 283 g/mol. The van der Waals surface area contributed by atoms with E-state index in [-0.39, 0.29) is 5.91 Å². The molecule has 4 nitrogen and oxygen atoms in total. The molecule has 1 heterocycles. The first-order valence-corrected chi connectivity index (χ1v) is 6.72. The zero-order valence-electron chi connectivity index (χ0n) is 11.3. The lowest BCUT2D eigenvalue weighted by Crippen LogP contribution is -2.22. The van der Waals surface area contributed by atoms with E-state index in [1.54, 1.807) is 6.92 Å². The fourth-order valence-corrected chi connectivity index (χ4v) is 2.01. The zero-order chi connectivity index (χ0) is 14.0. The normalized spacial score (nSPS) is 17.5. The van der Waals surface area contributed by atoms with Crippen LogP contribution in [-0.2, 0) is 14.3 Å². The van der Waals surface area contributed by atoms with Crippen LogP contribution in [0.1, 0.15) is 29.9 Å². The molecule has 2 rings (SSSR count). The highest BCUT2D eigenvalue weighted by Crippen LogP contribution is 2.33. The Morgan fingerprint density at radius 3 is 2.58 bits per heavy atom. The number of nitrogens with one attached hydrogen (secondary N) is 1. The minimum atomic E-state index is -0.585. The molecule has 0 spiro atoms. The summed E-state index contributed by atoms with van der Waals surface area (Å²) in [4.78, 5) is 11.8. The van der Waals surface area contributed by atoms with E-state index >= 15 is 0 Å². The van der Waals surface area contributed by atoms with Crippen LogP contribution in [0.3, 0.4) is 0 Å². The molecule has 5 heteroatoms. The molecular weight excluding hydrogens is 266 g/mol. The Bertz CT molecular complexity index is 482. The lowest BCUT2D eigenvalue weighted by molar-refractivity contribution is -0.115. The number of aryl methyl sites for hydroxylation is 1. The molecule has 0 aliphatic carbocycles. The van der Waals surface area contributed by atoms with Gasteiger partial charge in [0.05, 0.1) is 18.9 Å². The number of amides is 1. The van der Waals surface area contributed by atoms with Crippen LogP contribution in [0.25, 0.3) is 0 Å². The van der Waals surface area contributed by atoms with Gasteiger partial charge in [-0.25, -0.2) is 0 Å². The van der Waals surface area contributed by atoms with Crippen molar-refractivity contribution < 1.29 is 14.3 Å². The van der Waals surface area contributed by atoms with Crippen molar-refractivity contribution in [3.05, 3.63) is 28.8 Å². The molecule has 1 atom stereocenters. The maximum absolute atomic E-state index is 11.8. The molecule has 1 N–H and O–H groups in total. The van der Waals surface area contributed by atoms with Crippen molar-refractivity contribution in [2.24, 2.45) is 0 Å². The largest absolute Gasteiger partial charge is 0.346 e. The zero-order valence-corrected chi connectivity index (χ0v) is 12.1. The van der Waals surface area contributed by atoms with E-state index in [0.29, 0.717) is 13.2 Å². The van der Waals surface area contributed by atoms with Crippen LogP contribution in [-0.4, -0.2) is 24.5 Å². The maximum atomic E-state index is 11.8. The highest BCUT2D eigenvalue weighted by molar-refractivity contribution is 6.32. The molecule has 0 radical (unpaired) electrons. The number of rotatable bonds is 3. The van der Waals surface area contributed by atoms with Crippen molar-refractivity contribution >= 4 is 23.2 Å². The van der Waals surface area contributed by atoms with Crippen molar-refractivity contribution in [1.29, 1.82) is 0 Å². The molecule has 1 aromatic rings. The van der Waals surface area contributed by atoms with E-state index in [2.05, 4.69) is 5.32 Å². The Labute approximate surface area is 118 Å². The van der Waals surface area contributed by atoms with Crippen LogP contribution in [0.2, 0.25) is 0 Å². The average molecular weight is 284 g/mol. The first-order chi connectivity index (χ1) is 9.00. The summed E-state index contributed by atoms with van der Waals surface area (Å²) in [6, 6.07) is 3.92. The first-order valence-electron chi connectivity index (χ1n) is 6.29. The van der Waals surface area contributed by atoms with Gasteiger partial charge in [0, 0.05) is 5.56 Å². The van der Waals surface area contributed by atoms with E-state index in [9.17, 15) is 4.79 Å². The number of alkyl halides is 1. The number of halogens is 1. The molecule has 1 unspecified atom stereocenters. The van der Waals surface area contributed by atoms with E-state index in [0.717, 1.165) is 22.4 Å². The lowest BCUT2D eigenvalue weighted by Gasteiger charge is -2.19. The molecule has 1 fully saturated rings. The highest BCUT2D eigenvalue weighted by Gasteiger charge is 2.24. The molecule has 0 saturated carbocycles. The van der Waals surface area contributed by atoms with E-state index in [1.807, 2.05) is 26.0 Å². The summed E-state index contributed by atoms with van der Waals surface area (Å²) in [5.41, 5.74) is 3.68. The minimum absolute atomic E-state index is 0.227. The number of ether oxygens (including phenoxy) is 2. The smallest absolute Gasteiger partial charge is 0.242 e. The van der Waals surface area contributed by atoms with Crippen molar-refractivity contribution in [3.63, 3.8) is 0 Å². The second-order valence-electron chi connectivity index (χ2n) is 4.65. The van der Waals surface area contributed by atoms with Gasteiger partial charge in [0.25, 0.3) is 0 Å². The first kappa shape index (κ1) is 14.3. The number of hydrogen-bond donors (Lipinski definition) is 1.